The van der Waals surface area contributed by atoms with E-state index in [-0.39, 0.29) is 11.3 Å². The number of rotatable bonds is 7. The molecule has 30 heavy (non-hydrogen) atoms. The number of benzene rings is 2. The molecule has 3 rings (SSSR count). The molecule has 1 aliphatic rings. The van der Waals surface area contributed by atoms with Crippen LogP contribution in [0.2, 0.25) is 0 Å². The van der Waals surface area contributed by atoms with Gasteiger partial charge >= 0.3 is 5.97 Å². The van der Waals surface area contributed by atoms with Gasteiger partial charge in [-0.3, -0.25) is 4.79 Å². The third kappa shape index (κ3) is 4.51. The first-order valence-electron chi connectivity index (χ1n) is 9.18. The van der Waals surface area contributed by atoms with Crippen LogP contribution in [-0.4, -0.2) is 52.5 Å². The second kappa shape index (κ2) is 9.25. The molecular weight excluding hydrogens is 394 g/mol. The molecule has 9 nitrogen and oxygen atoms in total. The Hall–Kier alpha value is -3.62. The van der Waals surface area contributed by atoms with Crippen LogP contribution in [0.5, 0.6) is 28.7 Å². The molecule has 1 heterocycles. The first-order valence-corrected chi connectivity index (χ1v) is 9.18. The molecule has 0 aliphatic carbocycles. The maximum atomic E-state index is 12.6. The molecule has 1 N–H and O–H groups in total. The average molecular weight is 417 g/mol. The summed E-state index contributed by atoms with van der Waals surface area (Å²) in [6, 6.07) is 7.98. The molecule has 2 aromatic carbocycles. The van der Waals surface area contributed by atoms with Crippen molar-refractivity contribution in [2.75, 3.05) is 39.9 Å². The largest absolute Gasteiger partial charge is 0.496 e. The molecule has 160 valence electrons. The smallest absolute Gasteiger partial charge is 0.342 e. The van der Waals surface area contributed by atoms with Gasteiger partial charge in [-0.05, 0) is 19.1 Å². The molecule has 0 saturated carbocycles. The fraction of sp³-hybridized carbons (Fsp3) is 0.333. The van der Waals surface area contributed by atoms with Crippen LogP contribution in [-0.2, 0) is 9.53 Å². The van der Waals surface area contributed by atoms with E-state index < -0.39 is 18.0 Å². The van der Waals surface area contributed by atoms with Crippen LogP contribution < -0.4 is 29.0 Å². The minimum absolute atomic E-state index is 0.106. The van der Waals surface area contributed by atoms with Crippen molar-refractivity contribution in [3.05, 3.63) is 35.9 Å². The molecule has 1 aliphatic heterocycles. The summed E-state index contributed by atoms with van der Waals surface area (Å²) in [6.45, 7) is 2.38. The van der Waals surface area contributed by atoms with E-state index in [1.54, 1.807) is 18.2 Å². The summed E-state index contributed by atoms with van der Waals surface area (Å²) >= 11 is 0. The Bertz CT molecular complexity index is 943. The second-order valence-corrected chi connectivity index (χ2v) is 6.30. The lowest BCUT2D eigenvalue weighted by molar-refractivity contribution is -0.123. The highest BCUT2D eigenvalue weighted by Crippen LogP contribution is 2.35. The third-order valence-corrected chi connectivity index (χ3v) is 4.39. The summed E-state index contributed by atoms with van der Waals surface area (Å²) < 4.78 is 31.9. The van der Waals surface area contributed by atoms with Crippen LogP contribution in [0.1, 0.15) is 17.3 Å². The van der Waals surface area contributed by atoms with Gasteiger partial charge in [-0.2, -0.15) is 0 Å². The van der Waals surface area contributed by atoms with E-state index in [0.29, 0.717) is 41.9 Å². The third-order valence-electron chi connectivity index (χ3n) is 4.39. The van der Waals surface area contributed by atoms with Gasteiger partial charge in [0.25, 0.3) is 5.91 Å². The number of nitrogens with one attached hydrogen (secondary N) is 1. The first kappa shape index (κ1) is 21.1. The van der Waals surface area contributed by atoms with E-state index in [1.165, 1.54) is 40.4 Å². The fourth-order valence-corrected chi connectivity index (χ4v) is 2.83. The molecule has 0 aromatic heterocycles. The molecule has 2 aromatic rings. The monoisotopic (exact) mass is 417 g/mol. The van der Waals surface area contributed by atoms with Gasteiger partial charge in [0.15, 0.2) is 29.1 Å². The molecule has 0 fully saturated rings. The maximum absolute atomic E-state index is 12.6. The molecule has 9 heteroatoms. The van der Waals surface area contributed by atoms with Gasteiger partial charge in [-0.15, -0.1) is 0 Å². The van der Waals surface area contributed by atoms with Crippen LogP contribution in [0.25, 0.3) is 0 Å². The van der Waals surface area contributed by atoms with E-state index >= 15 is 0 Å². The number of amides is 1. The summed E-state index contributed by atoms with van der Waals surface area (Å²) in [6.07, 6.45) is -1.07. The van der Waals surface area contributed by atoms with Gasteiger partial charge in [-0.25, -0.2) is 4.79 Å². The number of methoxy groups -OCH3 is 3. The summed E-state index contributed by atoms with van der Waals surface area (Å²) in [4.78, 5) is 25.1. The van der Waals surface area contributed by atoms with Crippen molar-refractivity contribution in [3.8, 4) is 28.7 Å². The predicted molar refractivity (Wildman–Crippen MR) is 107 cm³/mol. The minimum atomic E-state index is -1.07. The number of carbonyl (C=O) groups is 2. The van der Waals surface area contributed by atoms with Crippen LogP contribution in [0.3, 0.4) is 0 Å². The quantitative estimate of drug-likeness (QED) is 0.686. The van der Waals surface area contributed by atoms with Crippen molar-refractivity contribution in [2.45, 2.75) is 13.0 Å². The molecule has 1 atom stereocenters. The van der Waals surface area contributed by atoms with Crippen LogP contribution in [0.15, 0.2) is 30.3 Å². The Kier molecular flexibility index (Phi) is 6.51. The Morgan fingerprint density at radius 2 is 1.53 bits per heavy atom. The second-order valence-electron chi connectivity index (χ2n) is 6.30. The number of esters is 1. The van der Waals surface area contributed by atoms with Crippen LogP contribution in [0.4, 0.5) is 5.69 Å². The van der Waals surface area contributed by atoms with Gasteiger partial charge < -0.3 is 33.7 Å². The fourth-order valence-electron chi connectivity index (χ4n) is 2.83. The Balaban J connectivity index is 1.70. The highest BCUT2D eigenvalue weighted by Gasteiger charge is 2.24. The Morgan fingerprint density at radius 3 is 2.20 bits per heavy atom. The van der Waals surface area contributed by atoms with Gasteiger partial charge in [0.05, 0.1) is 21.3 Å². The van der Waals surface area contributed by atoms with Gasteiger partial charge in [0.2, 0.25) is 0 Å². The standard InChI is InChI=1S/C21H23NO8/c1-12(20(23)22-13-5-6-15-19(9-13)29-8-7-28-15)30-21(24)14-10-17(26-3)18(27-4)11-16(14)25-2/h5-6,9-12H,7-8H2,1-4H3,(H,22,23)/t12-/m1/s1. The van der Waals surface area contributed by atoms with Crippen molar-refractivity contribution in [3.63, 3.8) is 0 Å². The Morgan fingerprint density at radius 1 is 0.900 bits per heavy atom. The lowest BCUT2D eigenvalue weighted by Crippen LogP contribution is -2.30. The lowest BCUT2D eigenvalue weighted by atomic mass is 10.1. The topological polar surface area (TPSA) is 102 Å². The minimum Gasteiger partial charge on any atom is -0.496 e. The van der Waals surface area contributed by atoms with Crippen molar-refractivity contribution in [1.29, 1.82) is 0 Å². The number of hydrogen-bond donors (Lipinski definition) is 1. The van der Waals surface area contributed by atoms with E-state index in [2.05, 4.69) is 5.32 Å². The van der Waals surface area contributed by atoms with E-state index in [1.807, 2.05) is 0 Å². The summed E-state index contributed by atoms with van der Waals surface area (Å²) in [7, 11) is 4.33. The zero-order valence-corrected chi connectivity index (χ0v) is 17.1. The summed E-state index contributed by atoms with van der Waals surface area (Å²) in [5.41, 5.74) is 0.602. The van der Waals surface area contributed by atoms with E-state index in [0.717, 1.165) is 0 Å². The summed E-state index contributed by atoms with van der Waals surface area (Å²) in [5, 5.41) is 2.69. The van der Waals surface area contributed by atoms with Gasteiger partial charge in [0.1, 0.15) is 24.5 Å². The van der Waals surface area contributed by atoms with Crippen molar-refractivity contribution >= 4 is 17.6 Å². The molecule has 0 saturated heterocycles. The highest BCUT2D eigenvalue weighted by molar-refractivity contribution is 5.99. The van der Waals surface area contributed by atoms with Crippen molar-refractivity contribution in [1.82, 2.24) is 0 Å². The highest BCUT2D eigenvalue weighted by atomic mass is 16.6. The lowest BCUT2D eigenvalue weighted by Gasteiger charge is -2.20. The number of fused-ring (bicyclic) bond motifs is 1. The zero-order valence-electron chi connectivity index (χ0n) is 17.1. The molecule has 0 unspecified atom stereocenters. The van der Waals surface area contributed by atoms with Crippen molar-refractivity contribution < 1.29 is 38.0 Å². The number of anilines is 1. The molecule has 0 bridgehead atoms. The van der Waals surface area contributed by atoms with Crippen LogP contribution in [0, 0.1) is 0 Å². The van der Waals surface area contributed by atoms with E-state index in [9.17, 15) is 9.59 Å². The predicted octanol–water partition coefficient (Wildman–Crippen LogP) is 2.67. The van der Waals surface area contributed by atoms with Gasteiger partial charge in [-0.1, -0.05) is 0 Å². The molecule has 0 radical (unpaired) electrons. The van der Waals surface area contributed by atoms with Crippen molar-refractivity contribution in [2.24, 2.45) is 0 Å². The molecule has 0 spiro atoms. The first-order chi connectivity index (χ1) is 14.5. The number of hydrogen-bond acceptors (Lipinski definition) is 8. The Labute approximate surface area is 173 Å². The average Bonchev–Trinajstić information content (AvgIpc) is 2.77. The van der Waals surface area contributed by atoms with E-state index in [4.69, 9.17) is 28.4 Å². The zero-order chi connectivity index (χ0) is 21.7. The number of ether oxygens (including phenoxy) is 6. The van der Waals surface area contributed by atoms with Gasteiger partial charge in [0, 0.05) is 23.9 Å². The molecular formula is C21H23NO8. The SMILES string of the molecule is COc1cc(OC)c(C(=O)O[C@H](C)C(=O)Nc2ccc3c(c2)OCCO3)cc1OC. The molecule has 1 amide bonds. The summed E-state index contributed by atoms with van der Waals surface area (Å²) in [5.74, 6) is 0.876. The number of carbonyl (C=O) groups excluding carboxylic acids is 2. The normalized spacial score (nSPS) is 13.1. The van der Waals surface area contributed by atoms with Crippen LogP contribution >= 0.6 is 0 Å². The maximum Gasteiger partial charge on any atom is 0.342 e.